The zero-order valence-corrected chi connectivity index (χ0v) is 10.8. The quantitative estimate of drug-likeness (QED) is 0.601. The molecule has 2 atom stereocenters. The third-order valence-corrected chi connectivity index (χ3v) is 2.58. The van der Waals surface area contributed by atoms with E-state index in [1.165, 1.54) is 0 Å². The van der Waals surface area contributed by atoms with Gasteiger partial charge in [0.2, 0.25) is 0 Å². The molecule has 0 amide bonds. The van der Waals surface area contributed by atoms with Crippen molar-refractivity contribution in [2.75, 3.05) is 0 Å². The number of halogens is 1. The van der Waals surface area contributed by atoms with Crippen molar-refractivity contribution in [3.8, 4) is 0 Å². The third-order valence-electron chi connectivity index (χ3n) is 2.33. The standard InChI is InChI=1S/C13H15ClO3/c1-13(2,3)17-12(15)11-10(16-11)8-4-6-9(14)7-5-8/h4-7,10-11H,1-3H3/t10-,11+/m1/s1. The van der Waals surface area contributed by atoms with Gasteiger partial charge in [0.1, 0.15) is 11.7 Å². The minimum Gasteiger partial charge on any atom is -0.458 e. The molecule has 1 fully saturated rings. The van der Waals surface area contributed by atoms with Crippen molar-refractivity contribution in [2.24, 2.45) is 0 Å². The maximum Gasteiger partial charge on any atom is 0.338 e. The number of hydrogen-bond acceptors (Lipinski definition) is 3. The van der Waals surface area contributed by atoms with Crippen LogP contribution in [-0.2, 0) is 14.3 Å². The Morgan fingerprint density at radius 2 is 1.88 bits per heavy atom. The second-order valence-electron chi connectivity index (χ2n) is 5.06. The first-order chi connectivity index (χ1) is 7.87. The number of carbonyl (C=O) groups excluding carboxylic acids is 1. The van der Waals surface area contributed by atoms with Gasteiger partial charge in [0.25, 0.3) is 0 Å². The lowest BCUT2D eigenvalue weighted by Gasteiger charge is -2.18. The van der Waals surface area contributed by atoms with Crippen molar-refractivity contribution in [2.45, 2.75) is 38.6 Å². The highest BCUT2D eigenvalue weighted by Crippen LogP contribution is 2.40. The summed E-state index contributed by atoms with van der Waals surface area (Å²) in [4.78, 5) is 11.7. The number of carbonyl (C=O) groups is 1. The topological polar surface area (TPSA) is 38.8 Å². The van der Waals surface area contributed by atoms with Gasteiger partial charge in [0, 0.05) is 5.02 Å². The van der Waals surface area contributed by atoms with Crippen LogP contribution in [0.1, 0.15) is 32.4 Å². The Morgan fingerprint density at radius 3 is 2.41 bits per heavy atom. The van der Waals surface area contributed by atoms with Crippen LogP contribution in [0.5, 0.6) is 0 Å². The maximum absolute atomic E-state index is 11.7. The highest BCUT2D eigenvalue weighted by Gasteiger charge is 2.48. The van der Waals surface area contributed by atoms with Crippen molar-refractivity contribution in [1.29, 1.82) is 0 Å². The Bertz CT molecular complexity index is 419. The van der Waals surface area contributed by atoms with Gasteiger partial charge in [-0.15, -0.1) is 0 Å². The van der Waals surface area contributed by atoms with Crippen molar-refractivity contribution >= 4 is 17.6 Å². The van der Waals surface area contributed by atoms with Crippen LogP contribution in [0.4, 0.5) is 0 Å². The van der Waals surface area contributed by atoms with Crippen LogP contribution in [-0.4, -0.2) is 17.7 Å². The van der Waals surface area contributed by atoms with E-state index in [0.717, 1.165) is 5.56 Å². The molecule has 0 aromatic heterocycles. The van der Waals surface area contributed by atoms with Gasteiger partial charge in [-0.25, -0.2) is 4.79 Å². The predicted octanol–water partition coefficient (Wildman–Crippen LogP) is 3.12. The normalized spacial score (nSPS) is 23.3. The van der Waals surface area contributed by atoms with Crippen molar-refractivity contribution in [3.05, 3.63) is 34.9 Å². The Morgan fingerprint density at radius 1 is 1.29 bits per heavy atom. The van der Waals surface area contributed by atoms with Crippen molar-refractivity contribution in [1.82, 2.24) is 0 Å². The highest BCUT2D eigenvalue weighted by molar-refractivity contribution is 6.30. The molecule has 0 N–H and O–H groups in total. The molecule has 4 heteroatoms. The van der Waals surface area contributed by atoms with E-state index in [2.05, 4.69) is 0 Å². The summed E-state index contributed by atoms with van der Waals surface area (Å²) in [5.41, 5.74) is 0.471. The molecule has 1 aromatic carbocycles. The zero-order chi connectivity index (χ0) is 12.6. The Labute approximate surface area is 106 Å². The van der Waals surface area contributed by atoms with Gasteiger partial charge in [-0.05, 0) is 38.5 Å². The van der Waals surface area contributed by atoms with Gasteiger partial charge < -0.3 is 9.47 Å². The Balaban J connectivity index is 1.96. The second-order valence-corrected chi connectivity index (χ2v) is 5.50. The fourth-order valence-electron chi connectivity index (χ4n) is 1.56. The first kappa shape index (κ1) is 12.4. The molecule has 1 aromatic rings. The minimum atomic E-state index is -0.479. The molecule has 17 heavy (non-hydrogen) atoms. The second kappa shape index (κ2) is 4.31. The van der Waals surface area contributed by atoms with Gasteiger partial charge in [-0.3, -0.25) is 0 Å². The van der Waals surface area contributed by atoms with E-state index in [4.69, 9.17) is 21.1 Å². The number of rotatable bonds is 2. The van der Waals surface area contributed by atoms with Gasteiger partial charge in [0.15, 0.2) is 6.10 Å². The van der Waals surface area contributed by atoms with E-state index in [1.807, 2.05) is 32.9 Å². The molecule has 92 valence electrons. The average Bonchev–Trinajstić information content (AvgIpc) is 2.96. The summed E-state index contributed by atoms with van der Waals surface area (Å²) in [6, 6.07) is 7.28. The van der Waals surface area contributed by atoms with Crippen molar-refractivity contribution < 1.29 is 14.3 Å². The van der Waals surface area contributed by atoms with Crippen LogP contribution in [0.25, 0.3) is 0 Å². The number of epoxide rings is 1. The molecule has 3 nitrogen and oxygen atoms in total. The number of hydrogen-bond donors (Lipinski definition) is 0. The lowest BCUT2D eigenvalue weighted by atomic mass is 10.1. The van der Waals surface area contributed by atoms with E-state index < -0.39 is 11.7 Å². The molecule has 0 saturated carbocycles. The lowest BCUT2D eigenvalue weighted by molar-refractivity contribution is -0.156. The molecule has 1 aliphatic rings. The van der Waals surface area contributed by atoms with Crippen LogP contribution in [0.15, 0.2) is 24.3 Å². The lowest BCUT2D eigenvalue weighted by Crippen LogP contribution is -2.26. The van der Waals surface area contributed by atoms with Crippen molar-refractivity contribution in [3.63, 3.8) is 0 Å². The molecule has 1 heterocycles. The predicted molar refractivity (Wildman–Crippen MR) is 64.9 cm³/mol. The summed E-state index contributed by atoms with van der Waals surface area (Å²) in [6.07, 6.45) is -0.669. The van der Waals surface area contributed by atoms with Gasteiger partial charge in [-0.2, -0.15) is 0 Å². The molecule has 0 spiro atoms. The number of benzene rings is 1. The molecular weight excluding hydrogens is 240 g/mol. The minimum absolute atomic E-state index is 0.192. The summed E-state index contributed by atoms with van der Waals surface area (Å²) in [7, 11) is 0. The fraction of sp³-hybridized carbons (Fsp3) is 0.462. The Kier molecular flexibility index (Phi) is 3.15. The van der Waals surface area contributed by atoms with Crippen LogP contribution < -0.4 is 0 Å². The monoisotopic (exact) mass is 254 g/mol. The van der Waals surface area contributed by atoms with Crippen LogP contribution >= 0.6 is 11.6 Å². The van der Waals surface area contributed by atoms with Gasteiger partial charge >= 0.3 is 5.97 Å². The molecule has 0 bridgehead atoms. The molecule has 0 unspecified atom stereocenters. The molecule has 0 radical (unpaired) electrons. The maximum atomic E-state index is 11.7. The summed E-state index contributed by atoms with van der Waals surface area (Å²) in [5, 5.41) is 0.670. The van der Waals surface area contributed by atoms with E-state index in [0.29, 0.717) is 5.02 Å². The van der Waals surface area contributed by atoms with E-state index in [1.54, 1.807) is 12.1 Å². The molecule has 1 aliphatic heterocycles. The van der Waals surface area contributed by atoms with Crippen LogP contribution in [0.3, 0.4) is 0 Å². The van der Waals surface area contributed by atoms with Crippen LogP contribution in [0.2, 0.25) is 5.02 Å². The summed E-state index contributed by atoms with van der Waals surface area (Å²) < 4.78 is 10.6. The summed E-state index contributed by atoms with van der Waals surface area (Å²) >= 11 is 5.79. The first-order valence-electron chi connectivity index (χ1n) is 5.50. The summed E-state index contributed by atoms with van der Waals surface area (Å²) in [5.74, 6) is -0.308. The molecule has 2 rings (SSSR count). The highest BCUT2D eigenvalue weighted by atomic mass is 35.5. The Hall–Kier alpha value is -1.06. The van der Waals surface area contributed by atoms with E-state index in [9.17, 15) is 4.79 Å². The SMILES string of the molecule is CC(C)(C)OC(=O)[C@H]1O[C@@H]1c1ccc(Cl)cc1. The number of ether oxygens (including phenoxy) is 2. The van der Waals surface area contributed by atoms with Crippen LogP contribution in [0, 0.1) is 0 Å². The smallest absolute Gasteiger partial charge is 0.338 e. The summed E-state index contributed by atoms with van der Waals surface area (Å²) in [6.45, 7) is 5.51. The average molecular weight is 255 g/mol. The zero-order valence-electron chi connectivity index (χ0n) is 10.1. The molecular formula is C13H15ClO3. The largest absolute Gasteiger partial charge is 0.458 e. The third kappa shape index (κ3) is 3.20. The van der Waals surface area contributed by atoms with Gasteiger partial charge in [-0.1, -0.05) is 23.7 Å². The fourth-order valence-corrected chi connectivity index (χ4v) is 1.68. The molecule has 1 saturated heterocycles. The van der Waals surface area contributed by atoms with E-state index >= 15 is 0 Å². The van der Waals surface area contributed by atoms with E-state index in [-0.39, 0.29) is 12.1 Å². The molecule has 0 aliphatic carbocycles. The first-order valence-corrected chi connectivity index (χ1v) is 5.88. The number of esters is 1. The van der Waals surface area contributed by atoms with Gasteiger partial charge in [0.05, 0.1) is 0 Å².